The molecule has 2 aliphatic rings. The molecule has 1 aromatic heterocycles. The topological polar surface area (TPSA) is 82.3 Å². The van der Waals surface area contributed by atoms with Crippen molar-refractivity contribution in [1.82, 2.24) is 20.2 Å². The summed E-state index contributed by atoms with van der Waals surface area (Å²) in [6.07, 6.45) is 3.69. The molecular formula is C18H33N7. The summed E-state index contributed by atoms with van der Waals surface area (Å²) in [6, 6.07) is 0.337. The van der Waals surface area contributed by atoms with E-state index < -0.39 is 0 Å². The van der Waals surface area contributed by atoms with E-state index >= 15 is 0 Å². The molecule has 2 aliphatic heterocycles. The first-order valence-electron chi connectivity index (χ1n) is 9.25. The van der Waals surface area contributed by atoms with Crippen LogP contribution in [0.5, 0.6) is 0 Å². The molecule has 0 aromatic carbocycles. The SMILES string of the molecule is CN1CCN(c2ncnc(NC3CC(C)(C)NC(C)(C)C3)c2N)CC1. The van der Waals surface area contributed by atoms with Crippen molar-refractivity contribution in [3.63, 3.8) is 0 Å². The average molecular weight is 348 g/mol. The van der Waals surface area contributed by atoms with Crippen LogP contribution in [0.1, 0.15) is 40.5 Å². The first kappa shape index (κ1) is 18.2. The third-order valence-corrected chi connectivity index (χ3v) is 5.20. The number of piperidine rings is 1. The third-order valence-electron chi connectivity index (χ3n) is 5.20. The van der Waals surface area contributed by atoms with Gasteiger partial charge >= 0.3 is 0 Å². The maximum atomic E-state index is 6.44. The second kappa shape index (κ2) is 6.61. The number of nitrogen functional groups attached to an aromatic ring is 1. The van der Waals surface area contributed by atoms with E-state index in [4.69, 9.17) is 5.73 Å². The standard InChI is InChI=1S/C18H33N7/c1-17(2)10-13(11-18(3,4)23-17)22-15-14(19)16(21-12-20-15)25-8-6-24(5)7-9-25/h12-13,23H,6-11,19H2,1-5H3,(H,20,21,22). The highest BCUT2D eigenvalue weighted by atomic mass is 15.3. The highest BCUT2D eigenvalue weighted by Crippen LogP contribution is 2.33. The van der Waals surface area contributed by atoms with Crippen molar-refractivity contribution >= 4 is 17.3 Å². The van der Waals surface area contributed by atoms with Gasteiger partial charge in [0.15, 0.2) is 11.6 Å². The number of hydrogen-bond donors (Lipinski definition) is 3. The number of piperazine rings is 1. The van der Waals surface area contributed by atoms with Gasteiger partial charge in [0.25, 0.3) is 0 Å². The van der Waals surface area contributed by atoms with Crippen LogP contribution in [-0.4, -0.2) is 65.2 Å². The van der Waals surface area contributed by atoms with Crippen LogP contribution >= 0.6 is 0 Å². The van der Waals surface area contributed by atoms with E-state index in [1.54, 1.807) is 6.33 Å². The first-order chi connectivity index (χ1) is 11.7. The molecule has 2 fully saturated rings. The van der Waals surface area contributed by atoms with Crippen molar-refractivity contribution < 1.29 is 0 Å². The molecule has 0 amide bonds. The second-order valence-electron chi connectivity index (χ2n) is 8.89. The fraction of sp³-hybridized carbons (Fsp3) is 0.778. The number of hydrogen-bond acceptors (Lipinski definition) is 7. The average Bonchev–Trinajstić information content (AvgIpc) is 2.47. The fourth-order valence-electron chi connectivity index (χ4n) is 4.39. The van der Waals surface area contributed by atoms with Crippen LogP contribution in [0.3, 0.4) is 0 Å². The van der Waals surface area contributed by atoms with Gasteiger partial charge in [-0.15, -0.1) is 0 Å². The lowest BCUT2D eigenvalue weighted by Gasteiger charge is -2.46. The minimum Gasteiger partial charge on any atom is -0.393 e. The van der Waals surface area contributed by atoms with Gasteiger partial charge in [-0.25, -0.2) is 9.97 Å². The Kier molecular flexibility index (Phi) is 4.81. The van der Waals surface area contributed by atoms with Crippen LogP contribution in [0.15, 0.2) is 6.33 Å². The van der Waals surface area contributed by atoms with E-state index in [0.29, 0.717) is 11.7 Å². The Morgan fingerprint density at radius 2 is 1.68 bits per heavy atom. The van der Waals surface area contributed by atoms with E-state index in [1.807, 2.05) is 0 Å². The van der Waals surface area contributed by atoms with E-state index in [0.717, 1.165) is 50.7 Å². The Labute approximate surface area is 151 Å². The molecule has 0 unspecified atom stereocenters. The molecule has 3 heterocycles. The molecule has 140 valence electrons. The van der Waals surface area contributed by atoms with Crippen molar-refractivity contribution in [2.75, 3.05) is 49.2 Å². The van der Waals surface area contributed by atoms with Crippen molar-refractivity contribution in [3.05, 3.63) is 6.33 Å². The van der Waals surface area contributed by atoms with Crippen molar-refractivity contribution in [2.24, 2.45) is 0 Å². The Morgan fingerprint density at radius 1 is 1.08 bits per heavy atom. The summed E-state index contributed by atoms with van der Waals surface area (Å²) < 4.78 is 0. The smallest absolute Gasteiger partial charge is 0.157 e. The number of likely N-dealkylation sites (N-methyl/N-ethyl adjacent to an activating group) is 1. The zero-order valence-corrected chi connectivity index (χ0v) is 16.3. The van der Waals surface area contributed by atoms with Gasteiger partial charge in [0.2, 0.25) is 0 Å². The third kappa shape index (κ3) is 4.33. The summed E-state index contributed by atoms with van der Waals surface area (Å²) in [4.78, 5) is 13.5. The lowest BCUT2D eigenvalue weighted by atomic mass is 9.79. The van der Waals surface area contributed by atoms with Crippen LogP contribution in [0, 0.1) is 0 Å². The number of aromatic nitrogens is 2. The monoisotopic (exact) mass is 347 g/mol. The molecule has 4 N–H and O–H groups in total. The predicted octanol–water partition coefficient (Wildman–Crippen LogP) is 1.53. The van der Waals surface area contributed by atoms with Crippen LogP contribution in [0.4, 0.5) is 17.3 Å². The Balaban J connectivity index is 1.76. The molecule has 0 bridgehead atoms. The number of nitrogens with zero attached hydrogens (tertiary/aromatic N) is 4. The molecule has 7 nitrogen and oxygen atoms in total. The Morgan fingerprint density at radius 3 is 2.28 bits per heavy atom. The molecule has 25 heavy (non-hydrogen) atoms. The van der Waals surface area contributed by atoms with Gasteiger partial charge in [-0.1, -0.05) is 0 Å². The zero-order valence-electron chi connectivity index (χ0n) is 16.3. The summed E-state index contributed by atoms with van der Waals surface area (Å²) in [5.41, 5.74) is 7.28. The maximum Gasteiger partial charge on any atom is 0.157 e. The quantitative estimate of drug-likeness (QED) is 0.765. The van der Waals surface area contributed by atoms with Gasteiger partial charge < -0.3 is 26.2 Å². The van der Waals surface area contributed by atoms with Crippen LogP contribution < -0.4 is 21.3 Å². The maximum absolute atomic E-state index is 6.44. The molecular weight excluding hydrogens is 314 g/mol. The minimum absolute atomic E-state index is 0.0848. The van der Waals surface area contributed by atoms with Gasteiger partial charge in [0.05, 0.1) is 0 Å². The first-order valence-corrected chi connectivity index (χ1v) is 9.25. The van der Waals surface area contributed by atoms with Crippen LogP contribution in [-0.2, 0) is 0 Å². The van der Waals surface area contributed by atoms with E-state index in [9.17, 15) is 0 Å². The van der Waals surface area contributed by atoms with E-state index in [-0.39, 0.29) is 11.1 Å². The van der Waals surface area contributed by atoms with Gasteiger partial charge in [0.1, 0.15) is 12.0 Å². The van der Waals surface area contributed by atoms with E-state index in [2.05, 4.69) is 65.1 Å². The molecule has 2 saturated heterocycles. The summed E-state index contributed by atoms with van der Waals surface area (Å²) >= 11 is 0. The normalized spacial score (nSPS) is 24.3. The Bertz CT molecular complexity index is 589. The van der Waals surface area contributed by atoms with Gasteiger partial charge in [-0.2, -0.15) is 0 Å². The molecule has 0 aliphatic carbocycles. The van der Waals surface area contributed by atoms with Crippen LogP contribution in [0.2, 0.25) is 0 Å². The molecule has 0 spiro atoms. The van der Waals surface area contributed by atoms with Crippen molar-refractivity contribution in [3.8, 4) is 0 Å². The molecule has 0 radical (unpaired) electrons. The molecule has 3 rings (SSSR count). The zero-order chi connectivity index (χ0) is 18.2. The fourth-order valence-corrected chi connectivity index (χ4v) is 4.39. The van der Waals surface area contributed by atoms with Crippen molar-refractivity contribution in [1.29, 1.82) is 0 Å². The number of nitrogens with one attached hydrogen (secondary N) is 2. The lowest BCUT2D eigenvalue weighted by molar-refractivity contribution is 0.170. The largest absolute Gasteiger partial charge is 0.393 e. The number of nitrogens with two attached hydrogens (primary N) is 1. The Hall–Kier alpha value is -1.60. The predicted molar refractivity (Wildman–Crippen MR) is 104 cm³/mol. The lowest BCUT2D eigenvalue weighted by Crippen LogP contribution is -2.60. The summed E-state index contributed by atoms with van der Waals surface area (Å²) in [5, 5.41) is 7.31. The molecule has 0 saturated carbocycles. The number of rotatable bonds is 3. The highest BCUT2D eigenvalue weighted by molar-refractivity contribution is 5.75. The minimum atomic E-state index is 0.0848. The molecule has 7 heteroatoms. The van der Waals surface area contributed by atoms with Crippen LogP contribution in [0.25, 0.3) is 0 Å². The summed E-state index contributed by atoms with van der Waals surface area (Å²) in [6.45, 7) is 13.0. The van der Waals surface area contributed by atoms with Gasteiger partial charge in [-0.3, -0.25) is 0 Å². The number of anilines is 3. The van der Waals surface area contributed by atoms with E-state index in [1.165, 1.54) is 0 Å². The summed E-state index contributed by atoms with van der Waals surface area (Å²) in [5.74, 6) is 1.63. The van der Waals surface area contributed by atoms with Crippen molar-refractivity contribution in [2.45, 2.75) is 57.7 Å². The second-order valence-corrected chi connectivity index (χ2v) is 8.89. The summed E-state index contributed by atoms with van der Waals surface area (Å²) in [7, 11) is 2.15. The highest BCUT2D eigenvalue weighted by Gasteiger charge is 2.38. The molecule has 0 atom stereocenters. The molecule has 1 aromatic rings. The van der Waals surface area contributed by atoms with Gasteiger partial charge in [-0.05, 0) is 47.6 Å². The van der Waals surface area contributed by atoms with Gasteiger partial charge in [0, 0.05) is 43.3 Å².